The molecule has 0 aromatic heterocycles. The van der Waals surface area contributed by atoms with E-state index < -0.39 is 24.0 Å². The summed E-state index contributed by atoms with van der Waals surface area (Å²) in [5.74, 6) is -1.48. The van der Waals surface area contributed by atoms with Gasteiger partial charge in [-0.2, -0.15) is 0 Å². The van der Waals surface area contributed by atoms with Crippen molar-refractivity contribution >= 4 is 17.8 Å². The van der Waals surface area contributed by atoms with Crippen LogP contribution in [0.4, 0.5) is 0 Å². The Labute approximate surface area is 122 Å². The maximum atomic E-state index is 12.3. The molecule has 3 N–H and O–H groups in total. The number of rotatable bonds is 5. The van der Waals surface area contributed by atoms with E-state index in [1.54, 1.807) is 12.2 Å². The highest BCUT2D eigenvalue weighted by Crippen LogP contribution is 2.30. The molecule has 1 aliphatic carbocycles. The first-order valence-electron chi connectivity index (χ1n) is 6.70. The molecule has 2 atom stereocenters. The zero-order valence-corrected chi connectivity index (χ0v) is 11.7. The van der Waals surface area contributed by atoms with Crippen LogP contribution in [0.5, 0.6) is 0 Å². The maximum absolute atomic E-state index is 12.3. The van der Waals surface area contributed by atoms with Gasteiger partial charge in [0.05, 0.1) is 13.2 Å². The van der Waals surface area contributed by atoms with E-state index >= 15 is 0 Å². The highest BCUT2D eigenvalue weighted by molar-refractivity contribution is 6.02. The van der Waals surface area contributed by atoms with Crippen molar-refractivity contribution < 1.29 is 24.2 Å². The number of aliphatic hydroxyl groups is 1. The standard InChI is InChI=1S/C14H18N2O5/c1-21-12(18)6-5-10(13(15)19)16-7-9-8(14(16)20)3-2-4-11(9)17/h2-3,10-11,17H,4-7H2,1H3,(H2,15,19). The third-order valence-corrected chi connectivity index (χ3v) is 3.78. The Balaban J connectivity index is 2.13. The molecule has 0 saturated heterocycles. The lowest BCUT2D eigenvalue weighted by Gasteiger charge is -2.25. The number of aliphatic hydroxyl groups excluding tert-OH is 1. The summed E-state index contributed by atoms with van der Waals surface area (Å²) in [4.78, 5) is 36.4. The molecule has 0 saturated carbocycles. The molecule has 0 aromatic carbocycles. The van der Waals surface area contributed by atoms with Crippen LogP contribution in [-0.2, 0) is 19.1 Å². The van der Waals surface area contributed by atoms with Crippen molar-refractivity contribution in [3.05, 3.63) is 23.3 Å². The number of hydrogen-bond donors (Lipinski definition) is 2. The molecular formula is C14H18N2O5. The number of nitrogens with zero attached hydrogens (tertiary/aromatic N) is 1. The number of carbonyl (C=O) groups excluding carboxylic acids is 3. The minimum Gasteiger partial charge on any atom is -0.469 e. The molecule has 2 unspecified atom stereocenters. The van der Waals surface area contributed by atoms with Gasteiger partial charge in [0.15, 0.2) is 0 Å². The molecule has 0 aromatic rings. The first-order valence-corrected chi connectivity index (χ1v) is 6.70. The van der Waals surface area contributed by atoms with Crippen molar-refractivity contribution in [1.29, 1.82) is 0 Å². The van der Waals surface area contributed by atoms with Gasteiger partial charge < -0.3 is 20.5 Å². The van der Waals surface area contributed by atoms with E-state index in [0.29, 0.717) is 17.6 Å². The highest BCUT2D eigenvalue weighted by atomic mass is 16.5. The summed E-state index contributed by atoms with van der Waals surface area (Å²) in [5.41, 5.74) is 6.36. The fourth-order valence-corrected chi connectivity index (χ4v) is 2.61. The number of carbonyl (C=O) groups is 3. The van der Waals surface area contributed by atoms with E-state index in [2.05, 4.69) is 4.74 Å². The summed E-state index contributed by atoms with van der Waals surface area (Å²) in [5, 5.41) is 9.91. The molecule has 0 radical (unpaired) electrons. The number of primary amides is 1. The zero-order valence-electron chi connectivity index (χ0n) is 11.7. The Hall–Kier alpha value is -2.15. The SMILES string of the molecule is COC(=O)CCC(C(N)=O)N1CC2=C(C=CCC2O)C1=O. The number of nitrogens with two attached hydrogens (primary N) is 1. The van der Waals surface area contributed by atoms with E-state index in [0.717, 1.165) is 0 Å². The van der Waals surface area contributed by atoms with E-state index in [4.69, 9.17) is 5.73 Å². The average Bonchev–Trinajstić information content (AvgIpc) is 2.78. The van der Waals surface area contributed by atoms with Gasteiger partial charge in [0.1, 0.15) is 6.04 Å². The van der Waals surface area contributed by atoms with E-state index in [1.165, 1.54) is 12.0 Å². The Bertz CT molecular complexity index is 537. The summed E-state index contributed by atoms with van der Waals surface area (Å²) in [6.07, 6.45) is 3.21. The number of esters is 1. The van der Waals surface area contributed by atoms with Crippen molar-refractivity contribution in [3.63, 3.8) is 0 Å². The molecule has 0 fully saturated rings. The van der Waals surface area contributed by atoms with Crippen LogP contribution in [0, 0.1) is 0 Å². The van der Waals surface area contributed by atoms with Crippen LogP contribution < -0.4 is 5.73 Å². The van der Waals surface area contributed by atoms with Gasteiger partial charge in [0.25, 0.3) is 5.91 Å². The van der Waals surface area contributed by atoms with Crippen molar-refractivity contribution in [2.45, 2.75) is 31.4 Å². The fraction of sp³-hybridized carbons (Fsp3) is 0.500. The lowest BCUT2D eigenvalue weighted by atomic mass is 9.97. The summed E-state index contributed by atoms with van der Waals surface area (Å²) < 4.78 is 4.53. The molecule has 0 spiro atoms. The predicted octanol–water partition coefficient (Wildman–Crippen LogP) is -0.747. The van der Waals surface area contributed by atoms with Gasteiger partial charge in [-0.15, -0.1) is 0 Å². The molecule has 1 heterocycles. The van der Waals surface area contributed by atoms with Gasteiger partial charge in [-0.3, -0.25) is 14.4 Å². The third kappa shape index (κ3) is 2.97. The predicted molar refractivity (Wildman–Crippen MR) is 72.7 cm³/mol. The summed E-state index contributed by atoms with van der Waals surface area (Å²) in [6.45, 7) is 0.161. The van der Waals surface area contributed by atoms with Crippen molar-refractivity contribution in [2.24, 2.45) is 5.73 Å². The number of methoxy groups -OCH3 is 1. The summed E-state index contributed by atoms with van der Waals surface area (Å²) >= 11 is 0. The Morgan fingerprint density at radius 2 is 2.29 bits per heavy atom. The van der Waals surface area contributed by atoms with Crippen LogP contribution in [0.2, 0.25) is 0 Å². The first-order chi connectivity index (χ1) is 9.95. The van der Waals surface area contributed by atoms with Crippen LogP contribution in [0.1, 0.15) is 19.3 Å². The monoisotopic (exact) mass is 294 g/mol. The third-order valence-electron chi connectivity index (χ3n) is 3.78. The van der Waals surface area contributed by atoms with Crippen molar-refractivity contribution in [3.8, 4) is 0 Å². The van der Waals surface area contributed by atoms with Crippen LogP contribution >= 0.6 is 0 Å². The Kier molecular flexibility index (Phi) is 4.42. The van der Waals surface area contributed by atoms with Gasteiger partial charge >= 0.3 is 5.97 Å². The normalized spacial score (nSPS) is 22.3. The number of amides is 2. The lowest BCUT2D eigenvalue weighted by Crippen LogP contribution is -2.46. The molecular weight excluding hydrogens is 276 g/mol. The second-order valence-corrected chi connectivity index (χ2v) is 5.06. The molecule has 2 rings (SSSR count). The van der Waals surface area contributed by atoms with Crippen LogP contribution in [0.25, 0.3) is 0 Å². The molecule has 21 heavy (non-hydrogen) atoms. The zero-order chi connectivity index (χ0) is 15.6. The molecule has 2 aliphatic rings. The minimum atomic E-state index is -0.886. The minimum absolute atomic E-state index is 0.00303. The van der Waals surface area contributed by atoms with Gasteiger partial charge in [0, 0.05) is 18.5 Å². The smallest absolute Gasteiger partial charge is 0.305 e. The van der Waals surface area contributed by atoms with Gasteiger partial charge in [-0.1, -0.05) is 12.2 Å². The van der Waals surface area contributed by atoms with Crippen LogP contribution in [0.15, 0.2) is 23.3 Å². The van der Waals surface area contributed by atoms with Crippen LogP contribution in [-0.4, -0.2) is 53.6 Å². The second kappa shape index (κ2) is 6.09. The van der Waals surface area contributed by atoms with E-state index in [9.17, 15) is 19.5 Å². The molecule has 2 amide bonds. The summed E-state index contributed by atoms with van der Waals surface area (Å²) in [6, 6.07) is -0.886. The molecule has 114 valence electrons. The van der Waals surface area contributed by atoms with Gasteiger partial charge in [0.2, 0.25) is 5.91 Å². The van der Waals surface area contributed by atoms with Crippen LogP contribution in [0.3, 0.4) is 0 Å². The second-order valence-electron chi connectivity index (χ2n) is 5.06. The first kappa shape index (κ1) is 15.2. The molecule has 1 aliphatic heterocycles. The van der Waals surface area contributed by atoms with E-state index in [-0.39, 0.29) is 25.3 Å². The van der Waals surface area contributed by atoms with Crippen molar-refractivity contribution in [2.75, 3.05) is 13.7 Å². The van der Waals surface area contributed by atoms with E-state index in [1.807, 2.05) is 0 Å². The molecule has 7 heteroatoms. The highest BCUT2D eigenvalue weighted by Gasteiger charge is 2.39. The topological polar surface area (TPSA) is 110 Å². The van der Waals surface area contributed by atoms with Crippen molar-refractivity contribution in [1.82, 2.24) is 4.90 Å². The lowest BCUT2D eigenvalue weighted by molar-refractivity contribution is -0.142. The molecule has 7 nitrogen and oxygen atoms in total. The fourth-order valence-electron chi connectivity index (χ4n) is 2.61. The van der Waals surface area contributed by atoms with Gasteiger partial charge in [-0.05, 0) is 18.4 Å². The molecule has 0 bridgehead atoms. The largest absolute Gasteiger partial charge is 0.469 e. The average molecular weight is 294 g/mol. The Morgan fingerprint density at radius 3 is 2.86 bits per heavy atom. The summed E-state index contributed by atoms with van der Waals surface area (Å²) in [7, 11) is 1.25. The number of hydrogen-bond acceptors (Lipinski definition) is 5. The maximum Gasteiger partial charge on any atom is 0.305 e. The number of ether oxygens (including phenoxy) is 1. The quantitative estimate of drug-likeness (QED) is 0.648. The van der Waals surface area contributed by atoms with Gasteiger partial charge in [-0.25, -0.2) is 0 Å². The Morgan fingerprint density at radius 1 is 1.57 bits per heavy atom.